The average Bonchev–Trinajstić information content (AvgIpc) is 1.78. The molecule has 1 rings (SSSR count). The first-order chi connectivity index (χ1) is 5.87. The summed E-state index contributed by atoms with van der Waals surface area (Å²) in [4.78, 5) is 8.43. The minimum atomic E-state index is -2.18. The first-order valence-corrected chi connectivity index (χ1v) is 3.83. The summed E-state index contributed by atoms with van der Waals surface area (Å²) in [6, 6.07) is -0.745. The molecule has 0 saturated heterocycles. The zero-order chi connectivity index (χ0) is 10.1. The fourth-order valence-electron chi connectivity index (χ4n) is 0.458. The van der Waals surface area contributed by atoms with Crippen LogP contribution in [-0.4, -0.2) is 18.9 Å². The van der Waals surface area contributed by atoms with Crippen LogP contribution in [0.4, 0.5) is 8.78 Å². The summed E-state index contributed by atoms with van der Waals surface area (Å²) in [5.41, 5.74) is 0. The van der Waals surface area contributed by atoms with Gasteiger partial charge in [0.2, 0.25) is 0 Å². The summed E-state index contributed by atoms with van der Waals surface area (Å²) in [6.07, 6.45) is -2.73. The van der Waals surface area contributed by atoms with Crippen molar-refractivity contribution in [2.45, 2.75) is 3.98 Å². The SMILES string of the molecule is Fc1nc(F)nc(OC(Cl)(Cl)Cl)n1. The molecule has 0 aromatic carbocycles. The third-order valence-electron chi connectivity index (χ3n) is 0.767. The second kappa shape index (κ2) is 3.73. The van der Waals surface area contributed by atoms with Crippen LogP contribution in [-0.2, 0) is 0 Å². The van der Waals surface area contributed by atoms with Crippen molar-refractivity contribution in [2.24, 2.45) is 0 Å². The first-order valence-electron chi connectivity index (χ1n) is 2.69. The Labute approximate surface area is 85.8 Å². The Morgan fingerprint density at radius 1 is 1.00 bits per heavy atom. The fourth-order valence-corrected chi connectivity index (χ4v) is 0.665. The van der Waals surface area contributed by atoms with Gasteiger partial charge in [-0.2, -0.15) is 13.8 Å². The number of rotatable bonds is 1. The third-order valence-corrected chi connectivity index (χ3v) is 0.999. The molecule has 0 radical (unpaired) electrons. The molecule has 0 aliphatic carbocycles. The Balaban J connectivity index is 2.90. The molecular weight excluding hydrogens is 250 g/mol. The molecule has 1 aromatic heterocycles. The lowest BCUT2D eigenvalue weighted by Gasteiger charge is -2.10. The normalized spacial score (nSPS) is 11.5. The van der Waals surface area contributed by atoms with Crippen LogP contribution in [0.15, 0.2) is 0 Å². The van der Waals surface area contributed by atoms with E-state index in [-0.39, 0.29) is 0 Å². The van der Waals surface area contributed by atoms with Crippen molar-refractivity contribution in [1.29, 1.82) is 0 Å². The van der Waals surface area contributed by atoms with Gasteiger partial charge in [-0.1, -0.05) is 0 Å². The van der Waals surface area contributed by atoms with Crippen molar-refractivity contribution in [3.05, 3.63) is 12.2 Å². The van der Waals surface area contributed by atoms with Gasteiger partial charge in [0.05, 0.1) is 0 Å². The first kappa shape index (κ1) is 10.6. The number of alkyl halides is 3. The number of aromatic nitrogens is 3. The number of nitrogens with zero attached hydrogens (tertiary/aromatic N) is 3. The minimum Gasteiger partial charge on any atom is -0.412 e. The van der Waals surface area contributed by atoms with Crippen LogP contribution in [0.2, 0.25) is 0 Å². The highest BCUT2D eigenvalue weighted by Gasteiger charge is 2.24. The van der Waals surface area contributed by atoms with E-state index >= 15 is 0 Å². The van der Waals surface area contributed by atoms with Gasteiger partial charge in [0.15, 0.2) is 0 Å². The van der Waals surface area contributed by atoms with Crippen LogP contribution in [0.3, 0.4) is 0 Å². The van der Waals surface area contributed by atoms with E-state index in [1.165, 1.54) is 0 Å². The van der Waals surface area contributed by atoms with Gasteiger partial charge in [-0.05, 0) is 34.8 Å². The molecule has 0 unspecified atom stereocenters. The zero-order valence-electron chi connectivity index (χ0n) is 5.64. The molecule has 0 saturated carbocycles. The monoisotopic (exact) mass is 249 g/mol. The Hall–Kier alpha value is -0.460. The maximum absolute atomic E-state index is 12.3. The highest BCUT2D eigenvalue weighted by molar-refractivity contribution is 6.66. The van der Waals surface area contributed by atoms with E-state index < -0.39 is 22.1 Å². The standard InChI is InChI=1S/C4Cl3F2N3O/c5-4(6,7)13-3-11-1(8)10-2(9)12-3. The summed E-state index contributed by atoms with van der Waals surface area (Å²) < 4.78 is 26.7. The molecule has 0 amide bonds. The van der Waals surface area contributed by atoms with Gasteiger partial charge >= 0.3 is 22.1 Å². The molecule has 0 spiro atoms. The Bertz CT molecular complexity index is 298. The summed E-state index contributed by atoms with van der Waals surface area (Å²) in [7, 11) is 0. The molecule has 0 atom stereocenters. The minimum absolute atomic E-state index is 0.745. The second-order valence-electron chi connectivity index (χ2n) is 1.70. The van der Waals surface area contributed by atoms with Crippen LogP contribution in [0, 0.1) is 12.2 Å². The predicted octanol–water partition coefficient (Wildman–Crippen LogP) is 1.86. The third kappa shape index (κ3) is 3.84. The maximum Gasteiger partial charge on any atom is 0.341 e. The molecule has 4 nitrogen and oxygen atoms in total. The molecule has 0 aliphatic rings. The van der Waals surface area contributed by atoms with Crippen molar-refractivity contribution in [3.63, 3.8) is 0 Å². The molecule has 1 heterocycles. The van der Waals surface area contributed by atoms with E-state index in [9.17, 15) is 8.78 Å². The van der Waals surface area contributed by atoms with Crippen molar-refractivity contribution >= 4 is 34.8 Å². The lowest BCUT2D eigenvalue weighted by atomic mass is 11.0. The number of hydrogen-bond donors (Lipinski definition) is 0. The maximum atomic E-state index is 12.3. The summed E-state index contributed by atoms with van der Waals surface area (Å²) in [5, 5.41) is 0. The molecule has 0 N–H and O–H groups in total. The molecule has 0 aliphatic heterocycles. The van der Waals surface area contributed by atoms with Crippen LogP contribution < -0.4 is 4.74 Å². The van der Waals surface area contributed by atoms with Crippen molar-refractivity contribution in [3.8, 4) is 6.01 Å². The van der Waals surface area contributed by atoms with Gasteiger partial charge in [-0.15, -0.1) is 9.97 Å². The van der Waals surface area contributed by atoms with E-state index in [1.807, 2.05) is 0 Å². The van der Waals surface area contributed by atoms with E-state index in [2.05, 4.69) is 19.7 Å². The summed E-state index contributed by atoms with van der Waals surface area (Å²) in [5.74, 6) is 0. The van der Waals surface area contributed by atoms with Gasteiger partial charge in [-0.3, -0.25) is 0 Å². The molecule has 9 heteroatoms. The highest BCUT2D eigenvalue weighted by atomic mass is 35.6. The number of halogens is 5. The quantitative estimate of drug-likeness (QED) is 0.714. The molecule has 1 aromatic rings. The molecule has 0 fully saturated rings. The topological polar surface area (TPSA) is 47.9 Å². The van der Waals surface area contributed by atoms with Crippen LogP contribution in [0.25, 0.3) is 0 Å². The van der Waals surface area contributed by atoms with Gasteiger partial charge in [0.1, 0.15) is 0 Å². The van der Waals surface area contributed by atoms with Gasteiger partial charge in [0, 0.05) is 0 Å². The van der Waals surface area contributed by atoms with E-state index in [0.29, 0.717) is 0 Å². The Morgan fingerprint density at radius 2 is 1.46 bits per heavy atom. The van der Waals surface area contributed by atoms with Crippen LogP contribution in [0.5, 0.6) is 6.01 Å². The zero-order valence-corrected chi connectivity index (χ0v) is 7.91. The Kier molecular flexibility index (Phi) is 3.05. The van der Waals surface area contributed by atoms with E-state index in [1.54, 1.807) is 0 Å². The van der Waals surface area contributed by atoms with E-state index in [0.717, 1.165) is 0 Å². The smallest absolute Gasteiger partial charge is 0.341 e. The van der Waals surface area contributed by atoms with Crippen LogP contribution in [0.1, 0.15) is 0 Å². The fraction of sp³-hybridized carbons (Fsp3) is 0.250. The van der Waals surface area contributed by atoms with Gasteiger partial charge in [-0.25, -0.2) is 0 Å². The molecule has 0 bridgehead atoms. The largest absolute Gasteiger partial charge is 0.412 e. The highest BCUT2D eigenvalue weighted by Crippen LogP contribution is 2.27. The molecule has 13 heavy (non-hydrogen) atoms. The summed E-state index contributed by atoms with van der Waals surface area (Å²) in [6.45, 7) is 0. The van der Waals surface area contributed by atoms with Gasteiger partial charge in [0.25, 0.3) is 0 Å². The van der Waals surface area contributed by atoms with Crippen molar-refractivity contribution in [1.82, 2.24) is 15.0 Å². The number of hydrogen-bond acceptors (Lipinski definition) is 4. The van der Waals surface area contributed by atoms with Crippen LogP contribution >= 0.6 is 34.8 Å². The van der Waals surface area contributed by atoms with Gasteiger partial charge < -0.3 is 4.74 Å². The lowest BCUT2D eigenvalue weighted by Crippen LogP contribution is -2.16. The van der Waals surface area contributed by atoms with Crippen molar-refractivity contribution in [2.75, 3.05) is 0 Å². The van der Waals surface area contributed by atoms with Crippen molar-refractivity contribution < 1.29 is 13.5 Å². The Morgan fingerprint density at radius 3 is 1.85 bits per heavy atom. The number of ether oxygens (including phenoxy) is 1. The van der Waals surface area contributed by atoms with E-state index in [4.69, 9.17) is 34.8 Å². The predicted molar refractivity (Wildman–Crippen MR) is 40.7 cm³/mol. The molecule has 72 valence electrons. The second-order valence-corrected chi connectivity index (χ2v) is 3.88. The lowest BCUT2D eigenvalue weighted by molar-refractivity contribution is 0.274. The average molecular weight is 250 g/mol. The summed E-state index contributed by atoms with van der Waals surface area (Å²) >= 11 is 15.4. The molecular formula is C4Cl3F2N3O.